The van der Waals surface area contributed by atoms with Gasteiger partial charge in [0.1, 0.15) is 10.6 Å². The number of hydrogen-bond acceptors (Lipinski definition) is 6. The fourth-order valence-corrected chi connectivity index (χ4v) is 5.77. The van der Waals surface area contributed by atoms with Crippen molar-refractivity contribution in [1.82, 2.24) is 5.43 Å². The molecular formula is C30H18Br2ClN3O4S. The summed E-state index contributed by atoms with van der Waals surface area (Å²) in [6.07, 6.45) is 1.38. The molecule has 11 heteroatoms. The lowest BCUT2D eigenvalue weighted by Crippen LogP contribution is -2.18. The summed E-state index contributed by atoms with van der Waals surface area (Å²) in [5.41, 5.74) is 4.30. The molecule has 0 spiro atoms. The Balaban J connectivity index is 1.23. The van der Waals surface area contributed by atoms with Crippen molar-refractivity contribution in [3.8, 4) is 5.75 Å². The van der Waals surface area contributed by atoms with Gasteiger partial charge in [-0.25, -0.2) is 10.2 Å². The molecule has 7 nitrogen and oxygen atoms in total. The van der Waals surface area contributed by atoms with Crippen LogP contribution in [-0.2, 0) is 0 Å². The molecule has 0 unspecified atom stereocenters. The molecule has 2 amide bonds. The summed E-state index contributed by atoms with van der Waals surface area (Å²) in [5.74, 6) is -1.07. The number of nitrogens with one attached hydrogen (secondary N) is 2. The SMILES string of the molecule is O=C(N/N=C\c1cc(Br)ccc1OC(=O)c1sc2ccccc2c1Cl)c1ccc(NC(=O)c2ccc(Br)cc2)cc1. The molecule has 0 aliphatic carbocycles. The van der Waals surface area contributed by atoms with Gasteiger partial charge in [0.2, 0.25) is 0 Å². The third-order valence-electron chi connectivity index (χ3n) is 5.78. The number of rotatable bonds is 7. The number of thiophene rings is 1. The number of hydrazone groups is 1. The zero-order chi connectivity index (χ0) is 28.9. The van der Waals surface area contributed by atoms with Crippen LogP contribution in [0.25, 0.3) is 10.1 Å². The molecule has 204 valence electrons. The van der Waals surface area contributed by atoms with E-state index in [1.807, 2.05) is 24.3 Å². The summed E-state index contributed by atoms with van der Waals surface area (Å²) in [7, 11) is 0. The van der Waals surface area contributed by atoms with Crippen LogP contribution >= 0.6 is 54.8 Å². The summed E-state index contributed by atoms with van der Waals surface area (Å²) in [6.45, 7) is 0. The number of benzene rings is 4. The van der Waals surface area contributed by atoms with Gasteiger partial charge in [-0.2, -0.15) is 5.10 Å². The molecule has 41 heavy (non-hydrogen) atoms. The fraction of sp³-hybridized carbons (Fsp3) is 0. The Hall–Kier alpha value is -3.83. The van der Waals surface area contributed by atoms with Crippen molar-refractivity contribution in [3.63, 3.8) is 0 Å². The molecule has 0 aliphatic rings. The summed E-state index contributed by atoms with van der Waals surface area (Å²) in [5, 5.41) is 7.95. The first-order valence-corrected chi connectivity index (χ1v) is 14.8. The van der Waals surface area contributed by atoms with Gasteiger partial charge in [0.25, 0.3) is 11.8 Å². The highest BCUT2D eigenvalue weighted by atomic mass is 79.9. The quantitative estimate of drug-likeness (QED) is 0.0769. The highest BCUT2D eigenvalue weighted by Gasteiger charge is 2.20. The van der Waals surface area contributed by atoms with E-state index in [4.69, 9.17) is 16.3 Å². The van der Waals surface area contributed by atoms with Gasteiger partial charge in [0.15, 0.2) is 0 Å². The van der Waals surface area contributed by atoms with Crippen molar-refractivity contribution in [3.05, 3.63) is 127 Å². The van der Waals surface area contributed by atoms with Crippen LogP contribution in [0.4, 0.5) is 5.69 Å². The van der Waals surface area contributed by atoms with Crippen LogP contribution in [0.5, 0.6) is 5.75 Å². The van der Waals surface area contributed by atoms with E-state index in [-0.39, 0.29) is 11.7 Å². The van der Waals surface area contributed by atoms with Crippen LogP contribution in [0, 0.1) is 0 Å². The average Bonchev–Trinajstić information content (AvgIpc) is 3.31. The number of esters is 1. The first-order chi connectivity index (χ1) is 19.8. The maximum Gasteiger partial charge on any atom is 0.355 e. The third-order valence-corrected chi connectivity index (χ3v) is 8.45. The number of carbonyl (C=O) groups is 3. The van der Waals surface area contributed by atoms with Crippen LogP contribution in [0.15, 0.2) is 105 Å². The van der Waals surface area contributed by atoms with Crippen LogP contribution in [0.1, 0.15) is 36.0 Å². The molecule has 1 aromatic heterocycles. The second-order valence-corrected chi connectivity index (χ2v) is 11.8. The molecule has 0 fully saturated rings. The minimum absolute atomic E-state index is 0.246. The molecule has 0 radical (unpaired) electrons. The number of carbonyl (C=O) groups excluding carboxylic acids is 3. The van der Waals surface area contributed by atoms with E-state index in [0.717, 1.165) is 19.0 Å². The lowest BCUT2D eigenvalue weighted by molar-refractivity contribution is 0.0739. The van der Waals surface area contributed by atoms with Gasteiger partial charge >= 0.3 is 5.97 Å². The second-order valence-electron chi connectivity index (χ2n) is 8.55. The molecular weight excluding hydrogens is 694 g/mol. The first-order valence-electron chi connectivity index (χ1n) is 12.0. The van der Waals surface area contributed by atoms with Crippen molar-refractivity contribution < 1.29 is 19.1 Å². The van der Waals surface area contributed by atoms with E-state index in [1.165, 1.54) is 17.6 Å². The van der Waals surface area contributed by atoms with Gasteiger partial charge in [-0.05, 0) is 72.8 Å². The minimum Gasteiger partial charge on any atom is -0.422 e. The zero-order valence-electron chi connectivity index (χ0n) is 20.9. The van der Waals surface area contributed by atoms with E-state index >= 15 is 0 Å². The monoisotopic (exact) mass is 709 g/mol. The van der Waals surface area contributed by atoms with Crippen LogP contribution in [-0.4, -0.2) is 24.0 Å². The van der Waals surface area contributed by atoms with Crippen LogP contribution in [0.3, 0.4) is 0 Å². The predicted octanol–water partition coefficient (Wildman–Crippen LogP) is 8.32. The van der Waals surface area contributed by atoms with E-state index in [9.17, 15) is 14.4 Å². The molecule has 5 rings (SSSR count). The van der Waals surface area contributed by atoms with E-state index in [2.05, 4.69) is 47.7 Å². The molecule has 0 bridgehead atoms. The Morgan fingerprint density at radius 3 is 2.22 bits per heavy atom. The normalized spacial score (nSPS) is 11.0. The van der Waals surface area contributed by atoms with E-state index < -0.39 is 11.9 Å². The molecule has 5 aromatic rings. The van der Waals surface area contributed by atoms with Crippen LogP contribution in [0.2, 0.25) is 5.02 Å². The maximum atomic E-state index is 12.9. The van der Waals surface area contributed by atoms with Gasteiger partial charge in [-0.15, -0.1) is 11.3 Å². The number of nitrogens with zero attached hydrogens (tertiary/aromatic N) is 1. The summed E-state index contributed by atoms with van der Waals surface area (Å²) < 4.78 is 8.13. The third kappa shape index (κ3) is 6.91. The van der Waals surface area contributed by atoms with Gasteiger partial charge in [-0.3, -0.25) is 9.59 Å². The Kier molecular flexibility index (Phi) is 8.94. The summed E-state index contributed by atoms with van der Waals surface area (Å²) in [6, 6.07) is 25.9. The lowest BCUT2D eigenvalue weighted by Gasteiger charge is -2.08. The second kappa shape index (κ2) is 12.8. The Morgan fingerprint density at radius 2 is 1.49 bits per heavy atom. The Bertz CT molecular complexity index is 1810. The summed E-state index contributed by atoms with van der Waals surface area (Å²) >= 11 is 14.4. The molecule has 1 heterocycles. The van der Waals surface area contributed by atoms with Gasteiger partial charge in [-0.1, -0.05) is 61.7 Å². The highest BCUT2D eigenvalue weighted by molar-refractivity contribution is 9.10. The fourth-order valence-electron chi connectivity index (χ4n) is 3.74. The van der Waals surface area contributed by atoms with Crippen LogP contribution < -0.4 is 15.5 Å². The van der Waals surface area contributed by atoms with Gasteiger partial charge in [0.05, 0.1) is 11.2 Å². The van der Waals surface area contributed by atoms with Crippen molar-refractivity contribution in [2.75, 3.05) is 5.32 Å². The number of amides is 2. The van der Waals surface area contributed by atoms with Crippen molar-refractivity contribution in [2.45, 2.75) is 0 Å². The van der Waals surface area contributed by atoms with Gasteiger partial charge in [0, 0.05) is 41.4 Å². The zero-order valence-corrected chi connectivity index (χ0v) is 25.6. The average molecular weight is 712 g/mol. The predicted molar refractivity (Wildman–Crippen MR) is 170 cm³/mol. The van der Waals surface area contributed by atoms with Crippen molar-refractivity contribution >= 4 is 94.6 Å². The number of fused-ring (bicyclic) bond motifs is 1. The number of halogens is 3. The van der Waals surface area contributed by atoms with E-state index in [0.29, 0.717) is 32.3 Å². The largest absolute Gasteiger partial charge is 0.422 e. The molecule has 0 saturated carbocycles. The first kappa shape index (κ1) is 28.7. The molecule has 2 N–H and O–H groups in total. The Labute approximate surface area is 260 Å². The molecule has 0 saturated heterocycles. The number of hydrogen-bond donors (Lipinski definition) is 2. The summed E-state index contributed by atoms with van der Waals surface area (Å²) in [4.78, 5) is 38.3. The maximum absolute atomic E-state index is 12.9. The minimum atomic E-state index is -0.593. The number of ether oxygens (including phenoxy) is 1. The lowest BCUT2D eigenvalue weighted by atomic mass is 10.1. The van der Waals surface area contributed by atoms with Crippen molar-refractivity contribution in [1.29, 1.82) is 0 Å². The Morgan fingerprint density at radius 1 is 0.829 bits per heavy atom. The molecule has 0 atom stereocenters. The molecule has 4 aromatic carbocycles. The standard InChI is InChI=1S/C30H18Br2ClN3O4S/c31-20-9-5-17(6-10-20)28(37)35-22-12-7-18(8-13-22)29(38)36-34-16-19-15-21(32)11-14-24(19)40-30(39)27-26(33)23-3-1-2-4-25(23)41-27/h1-16H,(H,35,37)(H,36,38)/b34-16-. The smallest absolute Gasteiger partial charge is 0.355 e. The highest BCUT2D eigenvalue weighted by Crippen LogP contribution is 2.36. The van der Waals surface area contributed by atoms with E-state index in [1.54, 1.807) is 66.7 Å². The van der Waals surface area contributed by atoms with Gasteiger partial charge < -0.3 is 10.1 Å². The topological polar surface area (TPSA) is 96.9 Å². The van der Waals surface area contributed by atoms with Crippen molar-refractivity contribution in [2.24, 2.45) is 5.10 Å². The molecule has 0 aliphatic heterocycles. The number of anilines is 1.